The number of para-hydroxylation sites is 1. The molecule has 0 atom stereocenters. The Morgan fingerprint density at radius 3 is 2.24 bits per heavy atom. The number of piperazine rings is 1. The first-order valence-electron chi connectivity index (χ1n) is 8.55. The van der Waals surface area contributed by atoms with Gasteiger partial charge < -0.3 is 14.4 Å². The van der Waals surface area contributed by atoms with E-state index in [-0.39, 0.29) is 12.5 Å². The molecule has 0 spiro atoms. The molecule has 0 aliphatic carbocycles. The predicted molar refractivity (Wildman–Crippen MR) is 96.8 cm³/mol. The molecule has 25 heavy (non-hydrogen) atoms. The number of rotatable bonds is 6. The average Bonchev–Trinajstić information content (AvgIpc) is 2.68. The molecule has 0 aromatic heterocycles. The fourth-order valence-corrected chi connectivity index (χ4v) is 2.90. The number of amides is 1. The van der Waals surface area contributed by atoms with E-state index < -0.39 is 0 Å². The van der Waals surface area contributed by atoms with E-state index in [4.69, 9.17) is 9.47 Å². The summed E-state index contributed by atoms with van der Waals surface area (Å²) in [5.41, 5.74) is 1.26. The van der Waals surface area contributed by atoms with Gasteiger partial charge in [-0.15, -0.1) is 0 Å². The molecule has 1 aliphatic heterocycles. The van der Waals surface area contributed by atoms with Gasteiger partial charge >= 0.3 is 0 Å². The summed E-state index contributed by atoms with van der Waals surface area (Å²) in [6, 6.07) is 17.6. The molecule has 0 saturated carbocycles. The quantitative estimate of drug-likeness (QED) is 0.810. The van der Waals surface area contributed by atoms with Gasteiger partial charge in [0.25, 0.3) is 5.91 Å². The Labute approximate surface area is 148 Å². The van der Waals surface area contributed by atoms with Gasteiger partial charge in [0.05, 0.1) is 7.11 Å². The number of carbonyl (C=O) groups excluding carboxylic acids is 1. The van der Waals surface area contributed by atoms with E-state index in [0.29, 0.717) is 0 Å². The number of carbonyl (C=O) groups is 1. The average molecular weight is 340 g/mol. The maximum atomic E-state index is 12.3. The summed E-state index contributed by atoms with van der Waals surface area (Å²) >= 11 is 0. The van der Waals surface area contributed by atoms with E-state index in [1.165, 1.54) is 5.56 Å². The van der Waals surface area contributed by atoms with Gasteiger partial charge in [0.2, 0.25) is 0 Å². The van der Waals surface area contributed by atoms with E-state index >= 15 is 0 Å². The second kappa shape index (κ2) is 8.53. The molecular weight excluding hydrogens is 316 g/mol. The van der Waals surface area contributed by atoms with E-state index in [1.807, 2.05) is 47.4 Å². The van der Waals surface area contributed by atoms with Gasteiger partial charge in [0, 0.05) is 32.7 Å². The van der Waals surface area contributed by atoms with Crippen molar-refractivity contribution in [1.29, 1.82) is 0 Å². The molecule has 0 bridgehead atoms. The SMILES string of the molecule is COc1ccc(CN2CCN(C(=O)COc3ccccc3)CC2)cc1. The van der Waals surface area contributed by atoms with Crippen LogP contribution in [0.4, 0.5) is 0 Å². The Hall–Kier alpha value is -2.53. The normalized spacial score (nSPS) is 15.0. The van der Waals surface area contributed by atoms with Crippen molar-refractivity contribution in [3.8, 4) is 11.5 Å². The van der Waals surface area contributed by atoms with E-state index in [9.17, 15) is 4.79 Å². The fraction of sp³-hybridized carbons (Fsp3) is 0.350. The van der Waals surface area contributed by atoms with Gasteiger partial charge in [0.15, 0.2) is 6.61 Å². The molecule has 132 valence electrons. The maximum absolute atomic E-state index is 12.3. The van der Waals surface area contributed by atoms with Crippen molar-refractivity contribution in [1.82, 2.24) is 9.80 Å². The zero-order valence-corrected chi connectivity index (χ0v) is 14.6. The fourth-order valence-electron chi connectivity index (χ4n) is 2.90. The number of hydrogen-bond donors (Lipinski definition) is 0. The van der Waals surface area contributed by atoms with E-state index in [0.717, 1.165) is 44.2 Å². The van der Waals surface area contributed by atoms with E-state index in [2.05, 4.69) is 17.0 Å². The summed E-state index contributed by atoms with van der Waals surface area (Å²) in [6.07, 6.45) is 0. The van der Waals surface area contributed by atoms with Crippen molar-refractivity contribution in [3.63, 3.8) is 0 Å². The van der Waals surface area contributed by atoms with Crippen LogP contribution in [-0.4, -0.2) is 55.6 Å². The van der Waals surface area contributed by atoms with Crippen LogP contribution in [-0.2, 0) is 11.3 Å². The third-order valence-electron chi connectivity index (χ3n) is 4.40. The number of benzene rings is 2. The number of nitrogens with zero attached hydrogens (tertiary/aromatic N) is 2. The highest BCUT2D eigenvalue weighted by Crippen LogP contribution is 2.14. The molecule has 2 aromatic rings. The molecule has 1 amide bonds. The van der Waals surface area contributed by atoms with Crippen molar-refractivity contribution in [2.45, 2.75) is 6.54 Å². The highest BCUT2D eigenvalue weighted by molar-refractivity contribution is 5.77. The third-order valence-corrected chi connectivity index (χ3v) is 4.40. The summed E-state index contributed by atoms with van der Waals surface area (Å²) < 4.78 is 10.7. The summed E-state index contributed by atoms with van der Waals surface area (Å²) in [7, 11) is 1.67. The van der Waals surface area contributed by atoms with Gasteiger partial charge in [-0.05, 0) is 29.8 Å². The molecule has 1 fully saturated rings. The third kappa shape index (κ3) is 4.97. The summed E-state index contributed by atoms with van der Waals surface area (Å²) in [5, 5.41) is 0. The minimum atomic E-state index is 0.0490. The standard InChI is InChI=1S/C20H24N2O3/c1-24-18-9-7-17(8-10-18)15-21-11-13-22(14-12-21)20(23)16-25-19-5-3-2-4-6-19/h2-10H,11-16H2,1H3. The van der Waals surface area contributed by atoms with Gasteiger partial charge in [0.1, 0.15) is 11.5 Å². The molecule has 1 heterocycles. The van der Waals surface area contributed by atoms with Crippen molar-refractivity contribution in [2.24, 2.45) is 0 Å². The van der Waals surface area contributed by atoms with Crippen LogP contribution < -0.4 is 9.47 Å². The summed E-state index contributed by atoms with van der Waals surface area (Å²) in [6.45, 7) is 4.24. The van der Waals surface area contributed by atoms with E-state index in [1.54, 1.807) is 7.11 Å². The Kier molecular flexibility index (Phi) is 5.90. The van der Waals surface area contributed by atoms with Crippen molar-refractivity contribution in [3.05, 3.63) is 60.2 Å². The minimum absolute atomic E-state index is 0.0490. The minimum Gasteiger partial charge on any atom is -0.497 e. The lowest BCUT2D eigenvalue weighted by Gasteiger charge is -2.34. The zero-order chi connectivity index (χ0) is 17.5. The maximum Gasteiger partial charge on any atom is 0.260 e. The van der Waals surface area contributed by atoms with Crippen LogP contribution in [0.25, 0.3) is 0 Å². The van der Waals surface area contributed by atoms with Gasteiger partial charge in [-0.25, -0.2) is 0 Å². The molecule has 0 unspecified atom stereocenters. The highest BCUT2D eigenvalue weighted by atomic mass is 16.5. The van der Waals surface area contributed by atoms with Crippen LogP contribution in [0, 0.1) is 0 Å². The Balaban J connectivity index is 1.42. The highest BCUT2D eigenvalue weighted by Gasteiger charge is 2.21. The molecule has 5 nitrogen and oxygen atoms in total. The topological polar surface area (TPSA) is 42.0 Å². The van der Waals surface area contributed by atoms with Gasteiger partial charge in [-0.1, -0.05) is 30.3 Å². The lowest BCUT2D eigenvalue weighted by atomic mass is 10.2. The first kappa shape index (κ1) is 17.3. The van der Waals surface area contributed by atoms with Crippen LogP contribution in [0.15, 0.2) is 54.6 Å². The second-order valence-corrected chi connectivity index (χ2v) is 6.11. The molecular formula is C20H24N2O3. The van der Waals surface area contributed by atoms with Crippen LogP contribution in [0.1, 0.15) is 5.56 Å². The molecule has 1 saturated heterocycles. The van der Waals surface area contributed by atoms with Gasteiger partial charge in [-0.3, -0.25) is 9.69 Å². The molecule has 0 N–H and O–H groups in total. The lowest BCUT2D eigenvalue weighted by Crippen LogP contribution is -2.49. The van der Waals surface area contributed by atoms with Crippen LogP contribution in [0.5, 0.6) is 11.5 Å². The summed E-state index contributed by atoms with van der Waals surface area (Å²) in [5.74, 6) is 1.65. The van der Waals surface area contributed by atoms with Crippen molar-refractivity contribution in [2.75, 3.05) is 39.9 Å². The monoisotopic (exact) mass is 340 g/mol. The molecule has 1 aliphatic rings. The first-order chi connectivity index (χ1) is 12.2. The van der Waals surface area contributed by atoms with Gasteiger partial charge in [-0.2, -0.15) is 0 Å². The first-order valence-corrected chi connectivity index (χ1v) is 8.55. The smallest absolute Gasteiger partial charge is 0.260 e. The van der Waals surface area contributed by atoms with Crippen molar-refractivity contribution < 1.29 is 14.3 Å². The molecule has 5 heteroatoms. The number of ether oxygens (including phenoxy) is 2. The Morgan fingerprint density at radius 1 is 0.920 bits per heavy atom. The largest absolute Gasteiger partial charge is 0.497 e. The van der Waals surface area contributed by atoms with Crippen LogP contribution in [0.2, 0.25) is 0 Å². The second-order valence-electron chi connectivity index (χ2n) is 6.11. The zero-order valence-electron chi connectivity index (χ0n) is 14.6. The Bertz CT molecular complexity index is 665. The van der Waals surface area contributed by atoms with Crippen molar-refractivity contribution >= 4 is 5.91 Å². The molecule has 0 radical (unpaired) electrons. The Morgan fingerprint density at radius 2 is 1.60 bits per heavy atom. The molecule has 2 aromatic carbocycles. The number of methoxy groups -OCH3 is 1. The number of hydrogen-bond acceptors (Lipinski definition) is 4. The predicted octanol–water partition coefficient (Wildman–Crippen LogP) is 2.42. The lowest BCUT2D eigenvalue weighted by molar-refractivity contribution is -0.135. The molecule has 3 rings (SSSR count). The summed E-state index contributed by atoms with van der Waals surface area (Å²) in [4.78, 5) is 16.5. The van der Waals surface area contributed by atoms with Crippen LogP contribution >= 0.6 is 0 Å². The van der Waals surface area contributed by atoms with Crippen LogP contribution in [0.3, 0.4) is 0 Å².